The second kappa shape index (κ2) is 7.20. The smallest absolute Gasteiger partial charge is 0.338 e. The van der Waals surface area contributed by atoms with E-state index in [2.05, 4.69) is 0 Å². The van der Waals surface area contributed by atoms with Gasteiger partial charge in [-0.3, -0.25) is 0 Å². The van der Waals surface area contributed by atoms with E-state index in [0.29, 0.717) is 17.1 Å². The molecule has 0 radical (unpaired) electrons. The molecule has 0 aliphatic carbocycles. The molecule has 1 heterocycles. The van der Waals surface area contributed by atoms with Crippen molar-refractivity contribution < 1.29 is 14.3 Å². The Bertz CT molecular complexity index is 645. The third-order valence-corrected chi connectivity index (χ3v) is 4.65. The number of aliphatic carboxylic acids is 1. The van der Waals surface area contributed by atoms with Crippen LogP contribution in [0.15, 0.2) is 46.5 Å². The second-order valence-electron chi connectivity index (χ2n) is 4.90. The van der Waals surface area contributed by atoms with Crippen molar-refractivity contribution in [2.75, 3.05) is 5.75 Å². The quantitative estimate of drug-likeness (QED) is 0.643. The molecule has 1 aromatic rings. The van der Waals surface area contributed by atoms with Crippen LogP contribution in [0.5, 0.6) is 0 Å². The van der Waals surface area contributed by atoms with Gasteiger partial charge < -0.3 is 10.0 Å². The molecule has 0 amide bonds. The predicted molar refractivity (Wildman–Crippen MR) is 88.1 cm³/mol. The fourth-order valence-corrected chi connectivity index (χ4v) is 3.77. The van der Waals surface area contributed by atoms with Crippen molar-refractivity contribution >= 4 is 29.3 Å². The fourth-order valence-electron chi connectivity index (χ4n) is 2.35. The maximum absolute atomic E-state index is 13.4. The van der Waals surface area contributed by atoms with Crippen LogP contribution in [-0.2, 0) is 11.3 Å². The molecule has 0 fully saturated rings. The van der Waals surface area contributed by atoms with Gasteiger partial charge in [0.15, 0.2) is 0 Å². The first-order chi connectivity index (χ1) is 10.4. The molecule has 6 heteroatoms. The number of alkyl halides is 1. The maximum Gasteiger partial charge on any atom is 0.338 e. The third kappa shape index (κ3) is 3.65. The number of halogens is 2. The molecule has 2 rings (SSSR count). The first-order valence-electron chi connectivity index (χ1n) is 6.88. The molecule has 3 nitrogen and oxygen atoms in total. The molecule has 1 unspecified atom stereocenters. The lowest BCUT2D eigenvalue weighted by Gasteiger charge is -2.34. The summed E-state index contributed by atoms with van der Waals surface area (Å²) < 4.78 is 13.4. The minimum Gasteiger partial charge on any atom is -0.478 e. The minimum absolute atomic E-state index is 0.264. The molecule has 0 bridgehead atoms. The van der Waals surface area contributed by atoms with Crippen LogP contribution in [0.25, 0.3) is 0 Å². The zero-order chi connectivity index (χ0) is 16.3. The van der Waals surface area contributed by atoms with E-state index < -0.39 is 11.5 Å². The Hall–Kier alpha value is -1.46. The van der Waals surface area contributed by atoms with Crippen molar-refractivity contribution in [1.29, 1.82) is 0 Å². The number of rotatable bonds is 5. The SMILES string of the molecule is CCSC1=C(C(=O)O)C(C)=CC(Cl)N1Cc1cccc(F)c1. The monoisotopic (exact) mass is 341 g/mol. The summed E-state index contributed by atoms with van der Waals surface area (Å²) in [4.78, 5) is 13.4. The van der Waals surface area contributed by atoms with Crippen LogP contribution in [0.3, 0.4) is 0 Å². The molecule has 22 heavy (non-hydrogen) atoms. The van der Waals surface area contributed by atoms with Gasteiger partial charge in [0.1, 0.15) is 11.3 Å². The molecule has 1 N–H and O–H groups in total. The third-order valence-electron chi connectivity index (χ3n) is 3.29. The Morgan fingerprint density at radius 2 is 2.23 bits per heavy atom. The minimum atomic E-state index is -0.975. The normalized spacial score (nSPS) is 18.5. The lowest BCUT2D eigenvalue weighted by atomic mass is 10.0. The topological polar surface area (TPSA) is 40.5 Å². The number of carbonyl (C=O) groups is 1. The first kappa shape index (κ1) is 16.9. The zero-order valence-electron chi connectivity index (χ0n) is 12.3. The van der Waals surface area contributed by atoms with E-state index in [-0.39, 0.29) is 11.4 Å². The zero-order valence-corrected chi connectivity index (χ0v) is 13.9. The molecule has 1 aromatic carbocycles. The van der Waals surface area contributed by atoms with Crippen LogP contribution in [-0.4, -0.2) is 27.2 Å². The maximum atomic E-state index is 13.4. The van der Waals surface area contributed by atoms with Crippen LogP contribution < -0.4 is 0 Å². The Morgan fingerprint density at radius 3 is 2.82 bits per heavy atom. The molecule has 118 valence electrons. The van der Waals surface area contributed by atoms with E-state index in [9.17, 15) is 14.3 Å². The molecule has 0 saturated carbocycles. The number of nitrogens with zero attached hydrogens (tertiary/aromatic N) is 1. The van der Waals surface area contributed by atoms with Gasteiger partial charge >= 0.3 is 5.97 Å². The standard InChI is InChI=1S/C16H17ClFNO2S/c1-3-22-15-14(16(20)21)10(2)7-13(17)19(15)9-11-5-4-6-12(18)8-11/h4-8,13H,3,9H2,1-2H3,(H,20,21). The molecular weight excluding hydrogens is 325 g/mol. The number of hydrogen-bond donors (Lipinski definition) is 1. The van der Waals surface area contributed by atoms with Gasteiger partial charge in [-0.05, 0) is 42.0 Å². The van der Waals surface area contributed by atoms with E-state index >= 15 is 0 Å². The number of benzene rings is 1. The van der Waals surface area contributed by atoms with Gasteiger partial charge in [0.2, 0.25) is 0 Å². The van der Waals surface area contributed by atoms with Crippen molar-refractivity contribution in [2.45, 2.75) is 25.9 Å². The van der Waals surface area contributed by atoms with Gasteiger partial charge in [0.25, 0.3) is 0 Å². The molecule has 1 aliphatic rings. The van der Waals surface area contributed by atoms with E-state index in [1.54, 1.807) is 30.0 Å². The lowest BCUT2D eigenvalue weighted by molar-refractivity contribution is -0.132. The fraction of sp³-hybridized carbons (Fsp3) is 0.312. The van der Waals surface area contributed by atoms with E-state index in [4.69, 9.17) is 11.6 Å². The highest BCUT2D eigenvalue weighted by atomic mass is 35.5. The van der Waals surface area contributed by atoms with Crippen LogP contribution in [0.4, 0.5) is 4.39 Å². The molecule has 0 aromatic heterocycles. The average molecular weight is 342 g/mol. The number of thioether (sulfide) groups is 1. The largest absolute Gasteiger partial charge is 0.478 e. The highest BCUT2D eigenvalue weighted by molar-refractivity contribution is 8.03. The molecular formula is C16H17ClFNO2S. The highest BCUT2D eigenvalue weighted by Gasteiger charge is 2.29. The predicted octanol–water partition coefficient (Wildman–Crippen LogP) is 4.20. The summed E-state index contributed by atoms with van der Waals surface area (Å²) in [5.74, 6) is -0.570. The van der Waals surface area contributed by atoms with Crippen molar-refractivity contribution in [1.82, 2.24) is 4.90 Å². The number of carboxylic acid groups (broad SMARTS) is 1. The van der Waals surface area contributed by atoms with Crippen LogP contribution in [0.1, 0.15) is 19.4 Å². The van der Waals surface area contributed by atoms with Gasteiger partial charge in [-0.15, -0.1) is 11.8 Å². The summed E-state index contributed by atoms with van der Waals surface area (Å²) in [5, 5.41) is 10.1. The van der Waals surface area contributed by atoms with Crippen molar-refractivity contribution in [3.05, 3.63) is 57.9 Å². The Kier molecular flexibility index (Phi) is 5.53. The van der Waals surface area contributed by atoms with Crippen LogP contribution >= 0.6 is 23.4 Å². The van der Waals surface area contributed by atoms with Crippen molar-refractivity contribution in [3.63, 3.8) is 0 Å². The van der Waals surface area contributed by atoms with Gasteiger partial charge in [-0.25, -0.2) is 9.18 Å². The average Bonchev–Trinajstić information content (AvgIpc) is 2.42. The number of carboxylic acids is 1. The second-order valence-corrected chi connectivity index (χ2v) is 6.60. The lowest BCUT2D eigenvalue weighted by Crippen LogP contribution is -2.33. The Labute approximate surface area is 138 Å². The first-order valence-corrected chi connectivity index (χ1v) is 8.30. The number of hydrogen-bond acceptors (Lipinski definition) is 3. The van der Waals surface area contributed by atoms with E-state index in [0.717, 1.165) is 11.3 Å². The summed E-state index contributed by atoms with van der Waals surface area (Å²) >= 11 is 7.82. The Balaban J connectivity index is 2.41. The van der Waals surface area contributed by atoms with E-state index in [1.165, 1.54) is 23.9 Å². The van der Waals surface area contributed by atoms with Gasteiger partial charge in [0, 0.05) is 6.54 Å². The molecule has 0 spiro atoms. The van der Waals surface area contributed by atoms with Crippen LogP contribution in [0, 0.1) is 5.82 Å². The van der Waals surface area contributed by atoms with Crippen molar-refractivity contribution in [3.8, 4) is 0 Å². The highest BCUT2D eigenvalue weighted by Crippen LogP contribution is 2.36. The van der Waals surface area contributed by atoms with Gasteiger partial charge in [-0.2, -0.15) is 0 Å². The Morgan fingerprint density at radius 1 is 1.50 bits per heavy atom. The van der Waals surface area contributed by atoms with Crippen molar-refractivity contribution in [2.24, 2.45) is 0 Å². The summed E-state index contributed by atoms with van der Waals surface area (Å²) in [7, 11) is 0. The summed E-state index contributed by atoms with van der Waals surface area (Å²) in [5.41, 5.74) is 1.21. The molecule has 1 atom stereocenters. The summed E-state index contributed by atoms with van der Waals surface area (Å²) in [6.07, 6.45) is 1.71. The van der Waals surface area contributed by atoms with Gasteiger partial charge in [0.05, 0.1) is 10.6 Å². The summed E-state index contributed by atoms with van der Waals surface area (Å²) in [6.45, 7) is 4.05. The van der Waals surface area contributed by atoms with E-state index in [1.807, 2.05) is 6.92 Å². The van der Waals surface area contributed by atoms with Gasteiger partial charge in [-0.1, -0.05) is 30.7 Å². The molecule has 0 saturated heterocycles. The molecule has 1 aliphatic heterocycles. The summed E-state index contributed by atoms with van der Waals surface area (Å²) in [6, 6.07) is 6.24. The van der Waals surface area contributed by atoms with Crippen LogP contribution in [0.2, 0.25) is 0 Å².